The van der Waals surface area contributed by atoms with Crippen molar-refractivity contribution in [2.24, 2.45) is 0 Å². The van der Waals surface area contributed by atoms with Crippen molar-refractivity contribution in [1.82, 2.24) is 10.1 Å². The fraction of sp³-hybridized carbons (Fsp3) is 0.235. The minimum Gasteiger partial charge on any atom is -0.360 e. The minimum atomic E-state index is -0.384. The fourth-order valence-electron chi connectivity index (χ4n) is 2.00. The number of carbonyl (C=O) groups excluding carboxylic acids is 2. The van der Waals surface area contributed by atoms with E-state index in [4.69, 9.17) is 4.52 Å². The van der Waals surface area contributed by atoms with Crippen molar-refractivity contribution < 1.29 is 14.1 Å². The number of aryl methyl sites for hydroxylation is 2. The highest BCUT2D eigenvalue weighted by Gasteiger charge is 2.17. The van der Waals surface area contributed by atoms with Crippen LogP contribution >= 0.6 is 0 Å². The molecule has 7 nitrogen and oxygen atoms in total. The first kappa shape index (κ1) is 17.3. The minimum absolute atomic E-state index is 0.129. The number of nitrogens with one attached hydrogen (secondary N) is 2. The van der Waals surface area contributed by atoms with Crippen molar-refractivity contribution in [3.05, 3.63) is 54.3 Å². The maximum Gasteiger partial charge on any atom is 0.322 e. The second kappa shape index (κ2) is 7.96. The summed E-state index contributed by atoms with van der Waals surface area (Å²) in [5, 5.41) is 9.01. The van der Waals surface area contributed by atoms with E-state index in [0.717, 1.165) is 5.56 Å². The predicted octanol–water partition coefficient (Wildman–Crippen LogP) is 2.95. The summed E-state index contributed by atoms with van der Waals surface area (Å²) < 4.78 is 4.88. The van der Waals surface area contributed by atoms with E-state index in [1.807, 2.05) is 19.1 Å². The lowest BCUT2D eigenvalue weighted by molar-refractivity contribution is -0.116. The highest BCUT2D eigenvalue weighted by atomic mass is 16.5. The van der Waals surface area contributed by atoms with E-state index in [2.05, 4.69) is 22.4 Å². The second-order valence-corrected chi connectivity index (χ2v) is 5.34. The Labute approximate surface area is 140 Å². The molecule has 24 heavy (non-hydrogen) atoms. The second-order valence-electron chi connectivity index (χ2n) is 5.34. The van der Waals surface area contributed by atoms with Gasteiger partial charge < -0.3 is 20.1 Å². The highest BCUT2D eigenvalue weighted by molar-refractivity contribution is 5.96. The van der Waals surface area contributed by atoms with Crippen molar-refractivity contribution in [1.29, 1.82) is 0 Å². The Bertz CT molecular complexity index is 722. The van der Waals surface area contributed by atoms with Crippen LogP contribution in [0, 0.1) is 13.8 Å². The van der Waals surface area contributed by atoms with Gasteiger partial charge in [0.25, 0.3) is 0 Å². The summed E-state index contributed by atoms with van der Waals surface area (Å²) in [4.78, 5) is 25.7. The molecule has 2 N–H and O–H groups in total. The smallest absolute Gasteiger partial charge is 0.322 e. The molecular weight excluding hydrogens is 308 g/mol. The maximum absolute atomic E-state index is 12.3. The molecule has 0 aliphatic heterocycles. The largest absolute Gasteiger partial charge is 0.360 e. The molecule has 0 aliphatic rings. The first-order chi connectivity index (χ1) is 11.5. The number of nitrogens with zero attached hydrogens (tertiary/aromatic N) is 2. The summed E-state index contributed by atoms with van der Waals surface area (Å²) in [5.74, 6) is 0.532. The molecule has 0 spiro atoms. The molecule has 0 unspecified atom stereocenters. The monoisotopic (exact) mass is 328 g/mol. The van der Waals surface area contributed by atoms with E-state index in [0.29, 0.717) is 17.3 Å². The third-order valence-corrected chi connectivity index (χ3v) is 3.17. The third-order valence-electron chi connectivity index (χ3n) is 3.17. The molecule has 0 fully saturated rings. The van der Waals surface area contributed by atoms with Crippen molar-refractivity contribution in [3.63, 3.8) is 0 Å². The van der Waals surface area contributed by atoms with Crippen molar-refractivity contribution in [2.75, 3.05) is 23.7 Å². The Kier molecular flexibility index (Phi) is 5.73. The summed E-state index contributed by atoms with van der Waals surface area (Å²) in [5.41, 5.74) is 1.76. The summed E-state index contributed by atoms with van der Waals surface area (Å²) in [6, 6.07) is 8.61. The lowest BCUT2D eigenvalue weighted by atomic mass is 10.2. The summed E-state index contributed by atoms with van der Waals surface area (Å²) >= 11 is 0. The Morgan fingerprint density at radius 3 is 2.54 bits per heavy atom. The summed E-state index contributed by atoms with van der Waals surface area (Å²) in [6.45, 7) is 7.41. The first-order valence-corrected chi connectivity index (χ1v) is 7.44. The number of anilines is 2. The summed E-state index contributed by atoms with van der Waals surface area (Å²) in [7, 11) is 0. The average molecular weight is 328 g/mol. The standard InChI is InChI=1S/C17H20N4O3/c1-4-9-21(11-16(22)19-15-10-13(3)24-20-15)17(23)18-14-7-5-12(2)6-8-14/h4-8,10H,1,9,11H2,2-3H3,(H,18,23)(H,19,20,22). The molecule has 0 radical (unpaired) electrons. The lowest BCUT2D eigenvalue weighted by Gasteiger charge is -2.20. The van der Waals surface area contributed by atoms with Gasteiger partial charge in [-0.05, 0) is 26.0 Å². The molecule has 3 amide bonds. The van der Waals surface area contributed by atoms with E-state index in [1.165, 1.54) is 4.90 Å². The van der Waals surface area contributed by atoms with Gasteiger partial charge in [-0.25, -0.2) is 4.79 Å². The molecule has 2 aromatic rings. The van der Waals surface area contributed by atoms with Crippen LogP contribution in [0.5, 0.6) is 0 Å². The third kappa shape index (κ3) is 4.98. The average Bonchev–Trinajstić information content (AvgIpc) is 2.94. The molecule has 7 heteroatoms. The van der Waals surface area contributed by atoms with Gasteiger partial charge in [-0.2, -0.15) is 0 Å². The molecule has 2 rings (SSSR count). The molecule has 0 saturated heterocycles. The van der Waals surface area contributed by atoms with Gasteiger partial charge >= 0.3 is 6.03 Å². The Morgan fingerprint density at radius 1 is 1.25 bits per heavy atom. The van der Waals surface area contributed by atoms with Gasteiger partial charge in [0.05, 0.1) is 0 Å². The fourth-order valence-corrected chi connectivity index (χ4v) is 2.00. The molecule has 0 aliphatic carbocycles. The predicted molar refractivity (Wildman–Crippen MR) is 91.8 cm³/mol. The molecule has 1 aromatic carbocycles. The van der Waals surface area contributed by atoms with Crippen LogP contribution in [0.3, 0.4) is 0 Å². The van der Waals surface area contributed by atoms with Gasteiger partial charge in [0, 0.05) is 18.3 Å². The first-order valence-electron chi connectivity index (χ1n) is 7.44. The van der Waals surface area contributed by atoms with Gasteiger partial charge in [0.2, 0.25) is 5.91 Å². The number of hydrogen-bond donors (Lipinski definition) is 2. The molecule has 1 heterocycles. The van der Waals surface area contributed by atoms with Crippen LogP contribution in [0.4, 0.5) is 16.3 Å². The van der Waals surface area contributed by atoms with Gasteiger partial charge in [-0.3, -0.25) is 4.79 Å². The van der Waals surface area contributed by atoms with Gasteiger partial charge in [0.15, 0.2) is 5.82 Å². The van der Waals surface area contributed by atoms with E-state index in [-0.39, 0.29) is 25.0 Å². The number of rotatable bonds is 6. The van der Waals surface area contributed by atoms with E-state index in [9.17, 15) is 9.59 Å². The van der Waals surface area contributed by atoms with Gasteiger partial charge in [-0.15, -0.1) is 6.58 Å². The number of urea groups is 1. The Morgan fingerprint density at radius 2 is 1.96 bits per heavy atom. The highest BCUT2D eigenvalue weighted by Crippen LogP contribution is 2.10. The Hall–Kier alpha value is -3.09. The SMILES string of the molecule is C=CCN(CC(=O)Nc1cc(C)on1)C(=O)Nc1ccc(C)cc1. The molecule has 0 atom stereocenters. The van der Waals surface area contributed by atoms with Crippen LogP contribution in [-0.4, -0.2) is 35.1 Å². The quantitative estimate of drug-likeness (QED) is 0.798. The molecule has 1 aromatic heterocycles. The number of amides is 3. The number of aromatic nitrogens is 1. The maximum atomic E-state index is 12.3. The lowest BCUT2D eigenvalue weighted by Crippen LogP contribution is -2.40. The zero-order valence-corrected chi connectivity index (χ0v) is 13.7. The van der Waals surface area contributed by atoms with Crippen molar-refractivity contribution in [2.45, 2.75) is 13.8 Å². The van der Waals surface area contributed by atoms with E-state index in [1.54, 1.807) is 31.2 Å². The van der Waals surface area contributed by atoms with Crippen LogP contribution < -0.4 is 10.6 Å². The van der Waals surface area contributed by atoms with E-state index < -0.39 is 0 Å². The van der Waals surface area contributed by atoms with Gasteiger partial charge in [0.1, 0.15) is 12.3 Å². The molecular formula is C17H20N4O3. The normalized spacial score (nSPS) is 10.1. The molecule has 0 bridgehead atoms. The van der Waals surface area contributed by atoms with Crippen LogP contribution in [0.15, 0.2) is 47.5 Å². The molecule has 126 valence electrons. The zero-order valence-electron chi connectivity index (χ0n) is 13.7. The number of benzene rings is 1. The molecule has 0 saturated carbocycles. The number of hydrogen-bond acceptors (Lipinski definition) is 4. The number of carbonyl (C=O) groups is 2. The van der Waals surface area contributed by atoms with Crippen LogP contribution in [0.1, 0.15) is 11.3 Å². The zero-order chi connectivity index (χ0) is 17.5. The van der Waals surface area contributed by atoms with Crippen LogP contribution in [0.2, 0.25) is 0 Å². The summed E-state index contributed by atoms with van der Waals surface area (Å²) in [6.07, 6.45) is 1.56. The van der Waals surface area contributed by atoms with Crippen LogP contribution in [-0.2, 0) is 4.79 Å². The van der Waals surface area contributed by atoms with E-state index >= 15 is 0 Å². The van der Waals surface area contributed by atoms with Gasteiger partial charge in [-0.1, -0.05) is 28.9 Å². The van der Waals surface area contributed by atoms with Crippen molar-refractivity contribution in [3.8, 4) is 0 Å². The van der Waals surface area contributed by atoms with Crippen LogP contribution in [0.25, 0.3) is 0 Å². The Balaban J connectivity index is 1.96. The van der Waals surface area contributed by atoms with Crippen molar-refractivity contribution >= 4 is 23.4 Å². The topological polar surface area (TPSA) is 87.5 Å².